The maximum atomic E-state index is 12.1. The monoisotopic (exact) mass is 327 g/mol. The van der Waals surface area contributed by atoms with E-state index in [1.54, 1.807) is 18.2 Å². The summed E-state index contributed by atoms with van der Waals surface area (Å²) in [4.78, 5) is 12.1. The summed E-state index contributed by atoms with van der Waals surface area (Å²) < 4.78 is 0. The number of carbonyl (C=O) groups excluding carboxylic acids is 1. The first-order valence-electron chi connectivity index (χ1n) is 6.01. The molecule has 20 heavy (non-hydrogen) atoms. The molecule has 2 aromatic rings. The van der Waals surface area contributed by atoms with E-state index in [4.69, 9.17) is 34.8 Å². The van der Waals surface area contributed by atoms with E-state index in [1.807, 2.05) is 24.3 Å². The molecule has 0 aliphatic heterocycles. The number of halogens is 3. The van der Waals surface area contributed by atoms with Gasteiger partial charge in [0.05, 0.1) is 10.6 Å². The molecule has 0 atom stereocenters. The molecule has 2 rings (SSSR count). The molecule has 0 saturated carbocycles. The number of hydrogen-bond acceptors (Lipinski definition) is 1. The highest BCUT2D eigenvalue weighted by Gasteiger charge is 2.10. The van der Waals surface area contributed by atoms with Gasteiger partial charge in [-0.3, -0.25) is 4.79 Å². The van der Waals surface area contributed by atoms with Gasteiger partial charge in [0.25, 0.3) is 5.91 Å². The summed E-state index contributed by atoms with van der Waals surface area (Å²) in [7, 11) is 0. The Morgan fingerprint density at radius 3 is 2.35 bits per heavy atom. The van der Waals surface area contributed by atoms with Crippen LogP contribution < -0.4 is 5.32 Å². The number of nitrogens with one attached hydrogen (secondary N) is 1. The molecule has 1 amide bonds. The molecule has 2 aromatic carbocycles. The fourth-order valence-electron chi connectivity index (χ4n) is 1.74. The summed E-state index contributed by atoms with van der Waals surface area (Å²) in [6.45, 7) is 0. The predicted molar refractivity (Wildman–Crippen MR) is 85.3 cm³/mol. The predicted octanol–water partition coefficient (Wildman–Crippen LogP) is 5.03. The normalized spacial score (nSPS) is 10.3. The van der Waals surface area contributed by atoms with Gasteiger partial charge >= 0.3 is 0 Å². The lowest BCUT2D eigenvalue weighted by Gasteiger charge is -2.08. The van der Waals surface area contributed by atoms with Gasteiger partial charge in [-0.15, -0.1) is 11.6 Å². The van der Waals surface area contributed by atoms with Crippen molar-refractivity contribution in [1.82, 2.24) is 0 Å². The molecule has 0 saturated heterocycles. The van der Waals surface area contributed by atoms with Crippen molar-refractivity contribution in [1.29, 1.82) is 0 Å². The number of anilines is 1. The molecule has 104 valence electrons. The largest absolute Gasteiger partial charge is 0.322 e. The summed E-state index contributed by atoms with van der Waals surface area (Å²) in [6, 6.07) is 12.3. The van der Waals surface area contributed by atoms with Crippen molar-refractivity contribution in [2.45, 2.75) is 6.42 Å². The first kappa shape index (κ1) is 15.2. The van der Waals surface area contributed by atoms with Gasteiger partial charge in [0, 0.05) is 16.6 Å². The number of benzene rings is 2. The third-order valence-electron chi connectivity index (χ3n) is 2.77. The Hall–Kier alpha value is -1.22. The van der Waals surface area contributed by atoms with Gasteiger partial charge in [0.2, 0.25) is 0 Å². The van der Waals surface area contributed by atoms with E-state index >= 15 is 0 Å². The summed E-state index contributed by atoms with van der Waals surface area (Å²) in [5.74, 6) is 0.309. The van der Waals surface area contributed by atoms with Crippen LogP contribution in [-0.4, -0.2) is 11.8 Å². The fraction of sp³-hybridized carbons (Fsp3) is 0.133. The summed E-state index contributed by atoms with van der Waals surface area (Å²) in [5.41, 5.74) is 2.22. The number of alkyl halides is 1. The summed E-state index contributed by atoms with van der Waals surface area (Å²) >= 11 is 17.5. The number of amides is 1. The van der Waals surface area contributed by atoms with Crippen molar-refractivity contribution in [2.75, 3.05) is 11.2 Å². The quantitative estimate of drug-likeness (QED) is 0.784. The molecule has 1 N–H and O–H groups in total. The number of aryl methyl sites for hydroxylation is 1. The molecular weight excluding hydrogens is 317 g/mol. The molecule has 0 unspecified atom stereocenters. The van der Waals surface area contributed by atoms with Crippen LogP contribution in [0.1, 0.15) is 15.9 Å². The Bertz CT molecular complexity index is 611. The lowest BCUT2D eigenvalue weighted by Crippen LogP contribution is -2.12. The Kier molecular flexibility index (Phi) is 5.30. The van der Waals surface area contributed by atoms with Crippen molar-refractivity contribution < 1.29 is 4.79 Å². The van der Waals surface area contributed by atoms with E-state index < -0.39 is 0 Å². The van der Waals surface area contributed by atoms with E-state index in [0.717, 1.165) is 12.0 Å². The molecule has 0 radical (unpaired) electrons. The molecule has 0 aromatic heterocycles. The van der Waals surface area contributed by atoms with E-state index in [-0.39, 0.29) is 5.91 Å². The van der Waals surface area contributed by atoms with Gasteiger partial charge in [-0.05, 0) is 42.3 Å². The molecule has 2 nitrogen and oxygen atoms in total. The van der Waals surface area contributed by atoms with Crippen molar-refractivity contribution in [3.8, 4) is 0 Å². The van der Waals surface area contributed by atoms with Crippen LogP contribution in [0.15, 0.2) is 42.5 Å². The Morgan fingerprint density at radius 2 is 1.75 bits per heavy atom. The molecule has 0 fully saturated rings. The average Bonchev–Trinajstić information content (AvgIpc) is 2.41. The smallest absolute Gasteiger partial charge is 0.257 e. The average molecular weight is 329 g/mol. The van der Waals surface area contributed by atoms with Crippen molar-refractivity contribution in [3.63, 3.8) is 0 Å². The highest BCUT2D eigenvalue weighted by molar-refractivity contribution is 6.37. The molecule has 5 heteroatoms. The van der Waals surface area contributed by atoms with Gasteiger partial charge in [-0.2, -0.15) is 0 Å². The molecule has 0 aliphatic rings. The summed E-state index contributed by atoms with van der Waals surface area (Å²) in [6.07, 6.45) is 0.804. The van der Waals surface area contributed by atoms with Crippen LogP contribution in [0, 0.1) is 0 Å². The zero-order chi connectivity index (χ0) is 14.5. The summed E-state index contributed by atoms with van der Waals surface area (Å²) in [5, 5.41) is 3.61. The van der Waals surface area contributed by atoms with Gasteiger partial charge in [-0.25, -0.2) is 0 Å². The second-order valence-electron chi connectivity index (χ2n) is 4.21. The first-order valence-corrected chi connectivity index (χ1v) is 7.30. The zero-order valence-corrected chi connectivity index (χ0v) is 12.8. The van der Waals surface area contributed by atoms with Crippen LogP contribution in [0.2, 0.25) is 10.0 Å². The molecule has 0 bridgehead atoms. The standard InChI is InChI=1S/C15H12Cl3NO/c16-8-7-10-1-4-12(5-2-10)19-15(20)13-6-3-11(17)9-14(13)18/h1-6,9H,7-8H2,(H,19,20). The number of carbonyl (C=O) groups is 1. The third kappa shape index (κ3) is 3.89. The van der Waals surface area contributed by atoms with Crippen LogP contribution in [0.3, 0.4) is 0 Å². The minimum absolute atomic E-state index is 0.267. The minimum atomic E-state index is -0.267. The Labute approximate surface area is 132 Å². The molecular formula is C15H12Cl3NO. The van der Waals surface area contributed by atoms with Crippen molar-refractivity contribution in [3.05, 3.63) is 63.6 Å². The number of hydrogen-bond donors (Lipinski definition) is 1. The highest BCUT2D eigenvalue weighted by atomic mass is 35.5. The van der Waals surface area contributed by atoms with E-state index in [0.29, 0.717) is 27.2 Å². The fourth-order valence-corrected chi connectivity index (χ4v) is 2.45. The van der Waals surface area contributed by atoms with E-state index in [9.17, 15) is 4.79 Å². The maximum Gasteiger partial charge on any atom is 0.257 e. The van der Waals surface area contributed by atoms with Crippen molar-refractivity contribution in [2.24, 2.45) is 0 Å². The van der Waals surface area contributed by atoms with E-state index in [2.05, 4.69) is 5.32 Å². The lowest BCUT2D eigenvalue weighted by molar-refractivity contribution is 0.102. The van der Waals surface area contributed by atoms with Gasteiger partial charge in [-0.1, -0.05) is 35.3 Å². The van der Waals surface area contributed by atoms with Crippen LogP contribution in [-0.2, 0) is 6.42 Å². The SMILES string of the molecule is O=C(Nc1ccc(CCCl)cc1)c1ccc(Cl)cc1Cl. The topological polar surface area (TPSA) is 29.1 Å². The highest BCUT2D eigenvalue weighted by Crippen LogP contribution is 2.22. The maximum absolute atomic E-state index is 12.1. The van der Waals surface area contributed by atoms with Gasteiger partial charge < -0.3 is 5.32 Å². The molecule has 0 aliphatic carbocycles. The zero-order valence-electron chi connectivity index (χ0n) is 10.5. The third-order valence-corrected chi connectivity index (χ3v) is 3.51. The van der Waals surface area contributed by atoms with Crippen LogP contribution in [0.5, 0.6) is 0 Å². The van der Waals surface area contributed by atoms with Crippen molar-refractivity contribution >= 4 is 46.4 Å². The van der Waals surface area contributed by atoms with Gasteiger partial charge in [0.15, 0.2) is 0 Å². The van der Waals surface area contributed by atoms with Crippen LogP contribution in [0.25, 0.3) is 0 Å². The Morgan fingerprint density at radius 1 is 1.05 bits per heavy atom. The molecule has 0 heterocycles. The lowest BCUT2D eigenvalue weighted by atomic mass is 10.1. The van der Waals surface area contributed by atoms with Crippen LogP contribution >= 0.6 is 34.8 Å². The second-order valence-corrected chi connectivity index (χ2v) is 5.44. The van der Waals surface area contributed by atoms with Crippen LogP contribution in [0.4, 0.5) is 5.69 Å². The molecule has 0 spiro atoms. The first-order chi connectivity index (χ1) is 9.60. The number of rotatable bonds is 4. The second kappa shape index (κ2) is 6.98. The van der Waals surface area contributed by atoms with Gasteiger partial charge in [0.1, 0.15) is 0 Å². The van der Waals surface area contributed by atoms with E-state index in [1.165, 1.54) is 0 Å². The Balaban J connectivity index is 2.11. The minimum Gasteiger partial charge on any atom is -0.322 e.